The van der Waals surface area contributed by atoms with Gasteiger partial charge in [0.15, 0.2) is 0 Å². The van der Waals surface area contributed by atoms with Gasteiger partial charge in [-0.1, -0.05) is 6.92 Å². The van der Waals surface area contributed by atoms with Gasteiger partial charge in [0.2, 0.25) is 5.91 Å². The van der Waals surface area contributed by atoms with Crippen LogP contribution < -0.4 is 11.1 Å². The van der Waals surface area contributed by atoms with Gasteiger partial charge in [-0.2, -0.15) is 0 Å². The highest BCUT2D eigenvalue weighted by molar-refractivity contribution is 5.79. The topological polar surface area (TPSA) is 58.4 Å². The second-order valence-electron chi connectivity index (χ2n) is 6.34. The maximum Gasteiger partial charge on any atom is 0.234 e. The van der Waals surface area contributed by atoms with Gasteiger partial charge in [0.25, 0.3) is 0 Å². The van der Waals surface area contributed by atoms with Gasteiger partial charge in [-0.15, -0.1) is 0 Å². The molecule has 0 aliphatic heterocycles. The van der Waals surface area contributed by atoms with Crippen molar-refractivity contribution in [3.8, 4) is 0 Å². The highest BCUT2D eigenvalue weighted by Gasteiger charge is 2.29. The van der Waals surface area contributed by atoms with Gasteiger partial charge in [0, 0.05) is 19.6 Å². The summed E-state index contributed by atoms with van der Waals surface area (Å²) in [6.07, 6.45) is 7.48. The normalized spacial score (nSPS) is 20.7. The number of carbonyl (C=O) groups excluding carboxylic acids is 1. The molecule has 0 aromatic carbocycles. The molecule has 2 saturated carbocycles. The number of amides is 1. The van der Waals surface area contributed by atoms with E-state index in [2.05, 4.69) is 17.1 Å². The summed E-state index contributed by atoms with van der Waals surface area (Å²) in [7, 11) is 0. The zero-order valence-electron chi connectivity index (χ0n) is 12.2. The van der Waals surface area contributed by atoms with Gasteiger partial charge in [-0.3, -0.25) is 4.79 Å². The molecule has 4 nitrogen and oxygen atoms in total. The summed E-state index contributed by atoms with van der Waals surface area (Å²) in [6.45, 7) is 6.46. The van der Waals surface area contributed by atoms with E-state index in [0.29, 0.717) is 0 Å². The summed E-state index contributed by atoms with van der Waals surface area (Å²) in [4.78, 5) is 14.0. The second kappa shape index (κ2) is 7.25. The number of rotatable bonds is 11. The molecule has 4 heteroatoms. The van der Waals surface area contributed by atoms with Crippen LogP contribution in [0, 0.1) is 11.8 Å². The van der Waals surface area contributed by atoms with Crippen LogP contribution in [0.3, 0.4) is 0 Å². The van der Waals surface area contributed by atoms with Crippen LogP contribution in [0.2, 0.25) is 0 Å². The van der Waals surface area contributed by atoms with E-state index in [1.54, 1.807) is 0 Å². The summed E-state index contributed by atoms with van der Waals surface area (Å²) < 4.78 is 0. The van der Waals surface area contributed by atoms with Gasteiger partial charge in [0.05, 0.1) is 6.04 Å². The van der Waals surface area contributed by atoms with Gasteiger partial charge >= 0.3 is 0 Å². The highest BCUT2D eigenvalue weighted by Crippen LogP contribution is 2.33. The molecule has 0 saturated heterocycles. The smallest absolute Gasteiger partial charge is 0.234 e. The summed E-state index contributed by atoms with van der Waals surface area (Å²) in [5.74, 6) is 1.65. The molecule has 3 N–H and O–H groups in total. The van der Waals surface area contributed by atoms with Crippen LogP contribution in [0.25, 0.3) is 0 Å². The van der Waals surface area contributed by atoms with Crippen molar-refractivity contribution in [1.82, 2.24) is 10.2 Å². The molecule has 2 rings (SSSR count). The monoisotopic (exact) mass is 267 g/mol. The molecule has 0 aromatic heterocycles. The third kappa shape index (κ3) is 5.91. The van der Waals surface area contributed by atoms with E-state index in [1.165, 1.54) is 38.8 Å². The molecule has 110 valence electrons. The SMILES string of the molecule is CCCNC(CCN(CC1CC1)CC1CC1)C(N)=O. The number of nitrogens with zero attached hydrogens (tertiary/aromatic N) is 1. The molecule has 2 aliphatic carbocycles. The lowest BCUT2D eigenvalue weighted by atomic mass is 10.1. The molecule has 19 heavy (non-hydrogen) atoms. The highest BCUT2D eigenvalue weighted by atomic mass is 16.1. The van der Waals surface area contributed by atoms with Crippen molar-refractivity contribution in [2.24, 2.45) is 17.6 Å². The molecule has 1 amide bonds. The van der Waals surface area contributed by atoms with E-state index in [0.717, 1.165) is 37.8 Å². The maximum absolute atomic E-state index is 11.4. The average Bonchev–Trinajstić information content (AvgIpc) is 3.24. The van der Waals surface area contributed by atoms with Crippen LogP contribution >= 0.6 is 0 Å². The van der Waals surface area contributed by atoms with Crippen molar-refractivity contribution in [2.45, 2.75) is 51.5 Å². The molecule has 1 unspecified atom stereocenters. The summed E-state index contributed by atoms with van der Waals surface area (Å²) >= 11 is 0. The third-order valence-corrected chi connectivity index (χ3v) is 4.14. The van der Waals surface area contributed by atoms with E-state index in [9.17, 15) is 4.79 Å². The fourth-order valence-corrected chi connectivity index (χ4v) is 2.56. The first-order valence-corrected chi connectivity index (χ1v) is 7.94. The van der Waals surface area contributed by atoms with Crippen LogP contribution in [0.4, 0.5) is 0 Å². The summed E-state index contributed by atoms with van der Waals surface area (Å²) in [6, 6.07) is -0.152. The molecule has 0 aromatic rings. The molecule has 0 spiro atoms. The predicted molar refractivity (Wildman–Crippen MR) is 77.8 cm³/mol. The molecule has 2 aliphatic rings. The molecule has 0 bridgehead atoms. The quantitative estimate of drug-likeness (QED) is 0.594. The fourth-order valence-electron chi connectivity index (χ4n) is 2.56. The maximum atomic E-state index is 11.4. The van der Waals surface area contributed by atoms with Gasteiger partial charge < -0.3 is 16.0 Å². The van der Waals surface area contributed by atoms with E-state index < -0.39 is 0 Å². The minimum absolute atomic E-state index is 0.152. The molecular weight excluding hydrogens is 238 g/mol. The van der Waals surface area contributed by atoms with Gasteiger partial charge in [0.1, 0.15) is 0 Å². The van der Waals surface area contributed by atoms with Crippen molar-refractivity contribution in [3.63, 3.8) is 0 Å². The minimum atomic E-state index is -0.203. The lowest BCUT2D eigenvalue weighted by Gasteiger charge is -2.24. The molecular formula is C15H29N3O. The van der Waals surface area contributed by atoms with E-state index in [4.69, 9.17) is 5.73 Å². The first kappa shape index (κ1) is 14.8. The first-order chi connectivity index (χ1) is 9.19. The van der Waals surface area contributed by atoms with Crippen molar-refractivity contribution in [2.75, 3.05) is 26.2 Å². The number of hydrogen-bond acceptors (Lipinski definition) is 3. The van der Waals surface area contributed by atoms with Crippen LogP contribution in [-0.4, -0.2) is 43.0 Å². The largest absolute Gasteiger partial charge is 0.368 e. The van der Waals surface area contributed by atoms with Crippen molar-refractivity contribution >= 4 is 5.91 Å². The lowest BCUT2D eigenvalue weighted by Crippen LogP contribution is -2.44. The Morgan fingerprint density at radius 2 is 1.84 bits per heavy atom. The zero-order chi connectivity index (χ0) is 13.7. The molecule has 0 heterocycles. The Bertz CT molecular complexity index is 273. The van der Waals surface area contributed by atoms with Gasteiger partial charge in [-0.05, 0) is 56.9 Å². The first-order valence-electron chi connectivity index (χ1n) is 7.94. The van der Waals surface area contributed by atoms with Gasteiger partial charge in [-0.25, -0.2) is 0 Å². The van der Waals surface area contributed by atoms with Crippen molar-refractivity contribution < 1.29 is 4.79 Å². The van der Waals surface area contributed by atoms with Crippen molar-refractivity contribution in [3.05, 3.63) is 0 Å². The van der Waals surface area contributed by atoms with Crippen LogP contribution in [-0.2, 0) is 4.79 Å². The Kier molecular flexibility index (Phi) is 5.64. The molecule has 1 atom stereocenters. The van der Waals surface area contributed by atoms with Crippen LogP contribution in [0.1, 0.15) is 45.4 Å². The Balaban J connectivity index is 1.72. The van der Waals surface area contributed by atoms with E-state index in [-0.39, 0.29) is 11.9 Å². The number of nitrogens with one attached hydrogen (secondary N) is 1. The van der Waals surface area contributed by atoms with Crippen LogP contribution in [0.15, 0.2) is 0 Å². The Labute approximate surface area is 117 Å². The predicted octanol–water partition coefficient (Wildman–Crippen LogP) is 1.35. The van der Waals surface area contributed by atoms with Crippen LogP contribution in [0.5, 0.6) is 0 Å². The van der Waals surface area contributed by atoms with E-state index in [1.807, 2.05) is 0 Å². The average molecular weight is 267 g/mol. The summed E-state index contributed by atoms with van der Waals surface area (Å²) in [5.41, 5.74) is 5.47. The minimum Gasteiger partial charge on any atom is -0.368 e. The molecule has 0 radical (unpaired) electrons. The third-order valence-electron chi connectivity index (χ3n) is 4.14. The Hall–Kier alpha value is -0.610. The summed E-state index contributed by atoms with van der Waals surface area (Å²) in [5, 5.41) is 3.26. The number of carbonyl (C=O) groups is 1. The second-order valence-corrected chi connectivity index (χ2v) is 6.34. The molecule has 2 fully saturated rings. The zero-order valence-corrected chi connectivity index (χ0v) is 12.2. The lowest BCUT2D eigenvalue weighted by molar-refractivity contribution is -0.120. The standard InChI is InChI=1S/C15H29N3O/c1-2-8-17-14(15(16)19)7-9-18(10-12-3-4-12)11-13-5-6-13/h12-14,17H,2-11H2,1H3,(H2,16,19). The Morgan fingerprint density at radius 3 is 2.26 bits per heavy atom. The van der Waals surface area contributed by atoms with Crippen molar-refractivity contribution in [1.29, 1.82) is 0 Å². The number of hydrogen-bond donors (Lipinski definition) is 2. The fraction of sp³-hybridized carbons (Fsp3) is 0.933. The Morgan fingerprint density at radius 1 is 1.26 bits per heavy atom. The number of primary amides is 1. The number of nitrogens with two attached hydrogens (primary N) is 1. The van der Waals surface area contributed by atoms with E-state index >= 15 is 0 Å².